The fourth-order valence-electron chi connectivity index (χ4n) is 1.55. The van der Waals surface area contributed by atoms with Crippen LogP contribution in [0.3, 0.4) is 0 Å². The zero-order valence-electron chi connectivity index (χ0n) is 8.33. The summed E-state index contributed by atoms with van der Waals surface area (Å²) in [5, 5.41) is 0. The first-order chi connectivity index (χ1) is 7.29. The summed E-state index contributed by atoms with van der Waals surface area (Å²) in [7, 11) is 0. The lowest BCUT2D eigenvalue weighted by Crippen LogP contribution is -2.01. The van der Waals surface area contributed by atoms with Crippen molar-refractivity contribution in [1.29, 1.82) is 0 Å². The highest BCUT2D eigenvalue weighted by Crippen LogP contribution is 2.19. The van der Waals surface area contributed by atoms with Gasteiger partial charge in [0.2, 0.25) is 0 Å². The molecule has 0 amide bonds. The van der Waals surface area contributed by atoms with E-state index in [-0.39, 0.29) is 5.82 Å². The van der Waals surface area contributed by atoms with Crippen molar-refractivity contribution < 1.29 is 4.39 Å². The van der Waals surface area contributed by atoms with Crippen molar-refractivity contribution in [2.45, 2.75) is 6.42 Å². The van der Waals surface area contributed by atoms with Gasteiger partial charge in [-0.25, -0.2) is 4.39 Å². The van der Waals surface area contributed by atoms with Crippen molar-refractivity contribution in [3.05, 3.63) is 47.9 Å². The monoisotopic (exact) mass is 204 g/mol. The number of H-pyrrole nitrogens is 1. The molecule has 0 radical (unpaired) electrons. The molecule has 0 spiro atoms. The van der Waals surface area contributed by atoms with Crippen LogP contribution in [0.15, 0.2) is 36.5 Å². The van der Waals surface area contributed by atoms with Gasteiger partial charge in [-0.2, -0.15) is 0 Å². The van der Waals surface area contributed by atoms with Crippen LogP contribution in [0.25, 0.3) is 11.3 Å². The molecule has 0 unspecified atom stereocenters. The summed E-state index contributed by atoms with van der Waals surface area (Å²) in [6.45, 7) is 0.640. The molecule has 1 aromatic heterocycles. The molecule has 3 N–H and O–H groups in total. The second-order valence-corrected chi connectivity index (χ2v) is 3.47. The lowest BCUT2D eigenvalue weighted by Gasteiger charge is -1.96. The van der Waals surface area contributed by atoms with Crippen LogP contribution in [0.2, 0.25) is 0 Å². The molecular weight excluding hydrogens is 191 g/mol. The number of aromatic amines is 1. The predicted octanol–water partition coefficient (Wildman–Crippen LogP) is 2.32. The van der Waals surface area contributed by atoms with Crippen LogP contribution in [-0.4, -0.2) is 11.5 Å². The maximum atomic E-state index is 12.7. The van der Waals surface area contributed by atoms with E-state index in [1.165, 1.54) is 17.7 Å². The molecule has 0 aliphatic carbocycles. The smallest absolute Gasteiger partial charge is 0.123 e. The van der Waals surface area contributed by atoms with Gasteiger partial charge in [0.05, 0.1) is 0 Å². The molecule has 3 heteroatoms. The summed E-state index contributed by atoms with van der Waals surface area (Å²) < 4.78 is 12.7. The zero-order valence-corrected chi connectivity index (χ0v) is 8.33. The minimum atomic E-state index is -0.215. The Labute approximate surface area is 87.9 Å². The van der Waals surface area contributed by atoms with Gasteiger partial charge >= 0.3 is 0 Å². The highest BCUT2D eigenvalue weighted by atomic mass is 19.1. The fraction of sp³-hybridized carbons (Fsp3) is 0.167. The topological polar surface area (TPSA) is 41.8 Å². The van der Waals surface area contributed by atoms with Gasteiger partial charge in [-0.3, -0.25) is 0 Å². The number of hydrogen-bond acceptors (Lipinski definition) is 1. The normalized spacial score (nSPS) is 10.5. The van der Waals surface area contributed by atoms with Crippen LogP contribution in [0, 0.1) is 5.82 Å². The summed E-state index contributed by atoms with van der Waals surface area (Å²) >= 11 is 0. The van der Waals surface area contributed by atoms with Crippen molar-refractivity contribution in [2.24, 2.45) is 5.73 Å². The highest BCUT2D eigenvalue weighted by Gasteiger charge is 2.01. The number of rotatable bonds is 3. The van der Waals surface area contributed by atoms with Crippen LogP contribution in [0.4, 0.5) is 4.39 Å². The average molecular weight is 204 g/mol. The van der Waals surface area contributed by atoms with Crippen molar-refractivity contribution >= 4 is 0 Å². The van der Waals surface area contributed by atoms with E-state index in [0.29, 0.717) is 6.54 Å². The average Bonchev–Trinajstić information content (AvgIpc) is 2.68. The van der Waals surface area contributed by atoms with Gasteiger partial charge < -0.3 is 10.7 Å². The fourth-order valence-corrected chi connectivity index (χ4v) is 1.55. The molecule has 0 aliphatic heterocycles. The molecule has 0 saturated carbocycles. The van der Waals surface area contributed by atoms with Crippen LogP contribution in [-0.2, 0) is 6.42 Å². The van der Waals surface area contributed by atoms with Crippen molar-refractivity contribution in [3.8, 4) is 11.3 Å². The quantitative estimate of drug-likeness (QED) is 0.791. The first kappa shape index (κ1) is 9.93. The Kier molecular flexibility index (Phi) is 2.83. The Morgan fingerprint density at radius 3 is 2.60 bits per heavy atom. The van der Waals surface area contributed by atoms with Crippen LogP contribution >= 0.6 is 0 Å². The van der Waals surface area contributed by atoms with Gasteiger partial charge in [0, 0.05) is 11.9 Å². The second kappa shape index (κ2) is 4.28. The molecule has 2 nitrogen and oxygen atoms in total. The molecule has 1 heterocycles. The molecule has 78 valence electrons. The Morgan fingerprint density at radius 1 is 1.20 bits per heavy atom. The second-order valence-electron chi connectivity index (χ2n) is 3.47. The summed E-state index contributed by atoms with van der Waals surface area (Å²) in [4.78, 5) is 3.15. The number of benzene rings is 1. The standard InChI is InChI=1S/C12H13FN2/c13-11-3-1-10(2-4-11)12-7-9(5-6-14)8-15-12/h1-4,7-8,15H,5-6,14H2. The van der Waals surface area contributed by atoms with E-state index in [4.69, 9.17) is 5.73 Å². The van der Waals surface area contributed by atoms with E-state index in [1.807, 2.05) is 12.3 Å². The van der Waals surface area contributed by atoms with Crippen LogP contribution in [0.1, 0.15) is 5.56 Å². The Balaban J connectivity index is 2.25. The van der Waals surface area contributed by atoms with E-state index >= 15 is 0 Å². The van der Waals surface area contributed by atoms with Crippen molar-refractivity contribution in [1.82, 2.24) is 4.98 Å². The highest BCUT2D eigenvalue weighted by molar-refractivity contribution is 5.60. The number of halogens is 1. The Hall–Kier alpha value is -1.61. The molecule has 2 rings (SSSR count). The van der Waals surface area contributed by atoms with E-state index in [9.17, 15) is 4.39 Å². The minimum Gasteiger partial charge on any atom is -0.361 e. The van der Waals surface area contributed by atoms with Gasteiger partial charge in [0.25, 0.3) is 0 Å². The predicted molar refractivity (Wildman–Crippen MR) is 58.9 cm³/mol. The third-order valence-electron chi connectivity index (χ3n) is 2.33. The van der Waals surface area contributed by atoms with E-state index < -0.39 is 0 Å². The third kappa shape index (κ3) is 2.25. The molecule has 0 atom stereocenters. The van der Waals surface area contributed by atoms with Crippen molar-refractivity contribution in [3.63, 3.8) is 0 Å². The third-order valence-corrected chi connectivity index (χ3v) is 2.33. The summed E-state index contributed by atoms with van der Waals surface area (Å²) in [5.74, 6) is -0.215. The summed E-state index contributed by atoms with van der Waals surface area (Å²) in [5.41, 5.74) is 8.63. The summed E-state index contributed by atoms with van der Waals surface area (Å²) in [6, 6.07) is 8.47. The summed E-state index contributed by atoms with van der Waals surface area (Å²) in [6.07, 6.45) is 2.79. The lowest BCUT2D eigenvalue weighted by molar-refractivity contribution is 0.628. The SMILES string of the molecule is NCCc1c[nH]c(-c2ccc(F)cc2)c1. The van der Waals surface area contributed by atoms with Crippen molar-refractivity contribution in [2.75, 3.05) is 6.54 Å². The van der Waals surface area contributed by atoms with E-state index in [0.717, 1.165) is 17.7 Å². The Morgan fingerprint density at radius 2 is 1.93 bits per heavy atom. The van der Waals surface area contributed by atoms with E-state index in [1.54, 1.807) is 12.1 Å². The molecule has 15 heavy (non-hydrogen) atoms. The van der Waals surface area contributed by atoms with Crippen LogP contribution < -0.4 is 5.73 Å². The molecule has 0 saturated heterocycles. The molecule has 0 bridgehead atoms. The molecule has 1 aromatic carbocycles. The largest absolute Gasteiger partial charge is 0.361 e. The number of nitrogens with one attached hydrogen (secondary N) is 1. The van der Waals surface area contributed by atoms with Gasteiger partial charge in [-0.05, 0) is 54.4 Å². The number of nitrogens with two attached hydrogens (primary N) is 1. The maximum absolute atomic E-state index is 12.7. The number of aromatic nitrogens is 1. The molecule has 0 aliphatic rings. The molecular formula is C12H13FN2. The van der Waals surface area contributed by atoms with E-state index in [2.05, 4.69) is 4.98 Å². The van der Waals surface area contributed by atoms with Gasteiger partial charge in [0.1, 0.15) is 5.82 Å². The van der Waals surface area contributed by atoms with Gasteiger partial charge in [-0.15, -0.1) is 0 Å². The number of hydrogen-bond donors (Lipinski definition) is 2. The zero-order chi connectivity index (χ0) is 10.7. The molecule has 2 aromatic rings. The maximum Gasteiger partial charge on any atom is 0.123 e. The van der Waals surface area contributed by atoms with Gasteiger partial charge in [0.15, 0.2) is 0 Å². The first-order valence-electron chi connectivity index (χ1n) is 4.93. The molecule has 0 fully saturated rings. The van der Waals surface area contributed by atoms with Gasteiger partial charge in [-0.1, -0.05) is 0 Å². The first-order valence-corrected chi connectivity index (χ1v) is 4.93. The minimum absolute atomic E-state index is 0.215. The lowest BCUT2D eigenvalue weighted by atomic mass is 10.1. The van der Waals surface area contributed by atoms with Crippen LogP contribution in [0.5, 0.6) is 0 Å². The Bertz CT molecular complexity index is 431.